The maximum Gasteiger partial charge on any atom is 0.323 e. The molecule has 0 bridgehead atoms. The topological polar surface area (TPSA) is 55.1 Å². The van der Waals surface area contributed by atoms with Crippen molar-refractivity contribution in [2.75, 3.05) is 0 Å². The molecule has 5 heteroatoms. The van der Waals surface area contributed by atoms with Gasteiger partial charge in [0, 0.05) is 10.9 Å². The maximum absolute atomic E-state index is 10.8. The molecule has 2 aromatic rings. The van der Waals surface area contributed by atoms with Gasteiger partial charge in [-0.1, -0.05) is 22.9 Å². The van der Waals surface area contributed by atoms with Gasteiger partial charge >= 0.3 is 5.97 Å². The van der Waals surface area contributed by atoms with Crippen molar-refractivity contribution in [2.24, 2.45) is 0 Å². The number of carboxylic acids is 1. The van der Waals surface area contributed by atoms with Gasteiger partial charge < -0.3 is 9.67 Å². The highest BCUT2D eigenvalue weighted by molar-refractivity contribution is 9.10. The second-order valence-corrected chi connectivity index (χ2v) is 4.41. The van der Waals surface area contributed by atoms with Crippen LogP contribution in [-0.4, -0.2) is 20.6 Å². The number of aryl methyl sites for hydroxylation is 1. The first-order valence-electron chi connectivity index (χ1n) is 4.98. The van der Waals surface area contributed by atoms with E-state index < -0.39 is 5.97 Å². The highest BCUT2D eigenvalue weighted by atomic mass is 79.9. The summed E-state index contributed by atoms with van der Waals surface area (Å²) in [5.74, 6) is -0.0487. The summed E-state index contributed by atoms with van der Waals surface area (Å²) in [4.78, 5) is 15.2. The summed E-state index contributed by atoms with van der Waals surface area (Å²) in [6.07, 6.45) is 0.722. The Balaban J connectivity index is 2.63. The van der Waals surface area contributed by atoms with Crippen LogP contribution in [0, 0.1) is 0 Å². The van der Waals surface area contributed by atoms with E-state index in [1.807, 2.05) is 25.1 Å². The van der Waals surface area contributed by atoms with Crippen LogP contribution in [0.25, 0.3) is 11.0 Å². The van der Waals surface area contributed by atoms with Gasteiger partial charge in [-0.3, -0.25) is 4.79 Å². The molecule has 1 N–H and O–H groups in total. The molecule has 0 radical (unpaired) electrons. The van der Waals surface area contributed by atoms with Gasteiger partial charge in [-0.05, 0) is 18.2 Å². The molecule has 0 saturated heterocycles. The number of hydrogen-bond donors (Lipinski definition) is 1. The lowest BCUT2D eigenvalue weighted by Gasteiger charge is -2.03. The molecule has 0 aliphatic rings. The van der Waals surface area contributed by atoms with Gasteiger partial charge in [-0.2, -0.15) is 0 Å². The Morgan fingerprint density at radius 1 is 1.56 bits per heavy atom. The van der Waals surface area contributed by atoms with E-state index in [1.54, 1.807) is 4.57 Å². The van der Waals surface area contributed by atoms with Crippen molar-refractivity contribution in [1.82, 2.24) is 9.55 Å². The van der Waals surface area contributed by atoms with Crippen LogP contribution in [0.15, 0.2) is 22.7 Å². The maximum atomic E-state index is 10.8. The number of aromatic nitrogens is 2. The van der Waals surface area contributed by atoms with Crippen molar-refractivity contribution >= 4 is 32.9 Å². The third kappa shape index (κ3) is 1.95. The fourth-order valence-electron chi connectivity index (χ4n) is 1.73. The number of aliphatic carboxylic acids is 1. The summed E-state index contributed by atoms with van der Waals surface area (Å²) in [6.45, 7) is 1.93. The molecule has 1 heterocycles. The highest BCUT2D eigenvalue weighted by Crippen LogP contribution is 2.21. The zero-order valence-electron chi connectivity index (χ0n) is 8.77. The fourth-order valence-corrected chi connectivity index (χ4v) is 2.08. The number of carbonyl (C=O) groups is 1. The lowest BCUT2D eigenvalue weighted by molar-refractivity contribution is -0.137. The second-order valence-electron chi connectivity index (χ2n) is 3.49. The first-order valence-corrected chi connectivity index (χ1v) is 5.77. The molecule has 84 valence electrons. The molecule has 0 fully saturated rings. The van der Waals surface area contributed by atoms with Crippen molar-refractivity contribution in [1.29, 1.82) is 0 Å². The minimum absolute atomic E-state index is 0.0404. The average Bonchev–Trinajstić information content (AvgIpc) is 2.55. The Morgan fingerprint density at radius 2 is 2.31 bits per heavy atom. The van der Waals surface area contributed by atoms with Crippen molar-refractivity contribution in [2.45, 2.75) is 19.9 Å². The average molecular weight is 283 g/mol. The van der Waals surface area contributed by atoms with Crippen molar-refractivity contribution in [3.63, 3.8) is 0 Å². The van der Waals surface area contributed by atoms with E-state index in [1.165, 1.54) is 0 Å². The van der Waals surface area contributed by atoms with E-state index >= 15 is 0 Å². The summed E-state index contributed by atoms with van der Waals surface area (Å²) < 4.78 is 2.69. The molecular weight excluding hydrogens is 272 g/mol. The molecule has 1 aromatic heterocycles. The number of fused-ring (bicyclic) bond motifs is 1. The van der Waals surface area contributed by atoms with Crippen LogP contribution in [0.5, 0.6) is 0 Å². The number of carboxylic acid groups (broad SMARTS) is 1. The standard InChI is InChI=1S/C11H11BrN2O2/c1-2-10-13-8-5-7(12)3-4-9(8)14(10)6-11(15)16/h3-5H,2,6H2,1H3,(H,15,16). The zero-order chi connectivity index (χ0) is 11.7. The first kappa shape index (κ1) is 11.1. The smallest absolute Gasteiger partial charge is 0.323 e. The van der Waals surface area contributed by atoms with E-state index in [0.717, 1.165) is 27.8 Å². The molecular formula is C11H11BrN2O2. The lowest BCUT2D eigenvalue weighted by atomic mass is 10.3. The molecule has 0 unspecified atom stereocenters. The predicted octanol–water partition coefficient (Wildman–Crippen LogP) is 2.45. The molecule has 1 aromatic carbocycles. The summed E-state index contributed by atoms with van der Waals surface area (Å²) in [5, 5.41) is 8.86. The van der Waals surface area contributed by atoms with E-state index in [4.69, 9.17) is 5.11 Å². The van der Waals surface area contributed by atoms with Crippen LogP contribution in [0.3, 0.4) is 0 Å². The Labute approximate surface area is 101 Å². The van der Waals surface area contributed by atoms with Gasteiger partial charge in [0.2, 0.25) is 0 Å². The minimum Gasteiger partial charge on any atom is -0.480 e. The molecule has 0 spiro atoms. The Bertz CT molecular complexity index is 548. The van der Waals surface area contributed by atoms with Gasteiger partial charge in [0.05, 0.1) is 11.0 Å². The highest BCUT2D eigenvalue weighted by Gasteiger charge is 2.11. The third-order valence-electron chi connectivity index (χ3n) is 2.40. The van der Waals surface area contributed by atoms with Crippen LogP contribution < -0.4 is 0 Å². The lowest BCUT2D eigenvalue weighted by Crippen LogP contribution is -2.11. The van der Waals surface area contributed by atoms with Gasteiger partial charge in [-0.15, -0.1) is 0 Å². The molecule has 0 atom stereocenters. The van der Waals surface area contributed by atoms with Gasteiger partial charge in [0.15, 0.2) is 0 Å². The van der Waals surface area contributed by atoms with Gasteiger partial charge in [0.25, 0.3) is 0 Å². The fraction of sp³-hybridized carbons (Fsp3) is 0.273. The second kappa shape index (κ2) is 4.25. The van der Waals surface area contributed by atoms with Gasteiger partial charge in [0.1, 0.15) is 12.4 Å². The Hall–Kier alpha value is -1.36. The van der Waals surface area contributed by atoms with Crippen LogP contribution in [-0.2, 0) is 17.8 Å². The molecule has 0 aliphatic carbocycles. The molecule has 2 rings (SSSR count). The Kier molecular flexibility index (Phi) is 2.96. The first-order chi connectivity index (χ1) is 7.61. The van der Waals surface area contributed by atoms with Gasteiger partial charge in [-0.25, -0.2) is 4.98 Å². The third-order valence-corrected chi connectivity index (χ3v) is 2.89. The quantitative estimate of drug-likeness (QED) is 0.941. The molecule has 0 saturated carbocycles. The van der Waals surface area contributed by atoms with Crippen molar-refractivity contribution in [3.05, 3.63) is 28.5 Å². The van der Waals surface area contributed by atoms with Crippen molar-refractivity contribution in [3.8, 4) is 0 Å². The summed E-state index contributed by atoms with van der Waals surface area (Å²) in [7, 11) is 0. The van der Waals surface area contributed by atoms with E-state index in [-0.39, 0.29) is 6.54 Å². The van der Waals surface area contributed by atoms with Crippen LogP contribution in [0.2, 0.25) is 0 Å². The molecule has 0 aliphatic heterocycles. The van der Waals surface area contributed by atoms with E-state index in [2.05, 4.69) is 20.9 Å². The zero-order valence-corrected chi connectivity index (χ0v) is 10.4. The number of benzene rings is 1. The summed E-state index contributed by atoms with van der Waals surface area (Å²) >= 11 is 3.37. The van der Waals surface area contributed by atoms with Crippen LogP contribution in [0.1, 0.15) is 12.7 Å². The van der Waals surface area contributed by atoms with Crippen molar-refractivity contribution < 1.29 is 9.90 Å². The number of rotatable bonds is 3. The number of imidazole rings is 1. The van der Waals surface area contributed by atoms with Crippen LogP contribution >= 0.6 is 15.9 Å². The summed E-state index contributed by atoms with van der Waals surface area (Å²) in [6, 6.07) is 5.67. The normalized spacial score (nSPS) is 10.9. The molecule has 4 nitrogen and oxygen atoms in total. The number of nitrogens with zero attached hydrogens (tertiary/aromatic N) is 2. The van der Waals surface area contributed by atoms with E-state index in [9.17, 15) is 4.79 Å². The van der Waals surface area contributed by atoms with Crippen LogP contribution in [0.4, 0.5) is 0 Å². The number of halogens is 1. The minimum atomic E-state index is -0.850. The largest absolute Gasteiger partial charge is 0.480 e. The van der Waals surface area contributed by atoms with E-state index in [0.29, 0.717) is 0 Å². The summed E-state index contributed by atoms with van der Waals surface area (Å²) in [5.41, 5.74) is 1.69. The SMILES string of the molecule is CCc1nc2cc(Br)ccc2n1CC(=O)O. The number of hydrogen-bond acceptors (Lipinski definition) is 2. The molecule has 16 heavy (non-hydrogen) atoms. The predicted molar refractivity (Wildman–Crippen MR) is 64.4 cm³/mol. The monoisotopic (exact) mass is 282 g/mol. The molecule has 0 amide bonds. The Morgan fingerprint density at radius 3 is 2.94 bits per heavy atom.